The summed E-state index contributed by atoms with van der Waals surface area (Å²) in [7, 11) is 4.42. The molecule has 2 aliphatic carbocycles. The summed E-state index contributed by atoms with van der Waals surface area (Å²) in [6.45, 7) is 1.10. The summed E-state index contributed by atoms with van der Waals surface area (Å²) in [4.78, 5) is 2.41. The van der Waals surface area contributed by atoms with Crippen LogP contribution >= 0.6 is 0 Å². The summed E-state index contributed by atoms with van der Waals surface area (Å²) in [5.74, 6) is 0.429. The molecule has 3 heteroatoms. The molecule has 0 atom stereocenters. The van der Waals surface area contributed by atoms with Gasteiger partial charge in [0.15, 0.2) is 0 Å². The van der Waals surface area contributed by atoms with Crippen molar-refractivity contribution in [3.63, 3.8) is 0 Å². The Labute approximate surface area is 127 Å². The first-order chi connectivity index (χ1) is 10.1. The first-order valence-electron chi connectivity index (χ1n) is 8.25. The molecule has 2 aliphatic rings. The molecule has 1 aromatic carbocycles. The second-order valence-electron chi connectivity index (χ2n) is 7.13. The molecule has 2 saturated carbocycles. The monoisotopic (exact) mass is 290 g/mol. The van der Waals surface area contributed by atoms with Gasteiger partial charge in [-0.2, -0.15) is 0 Å². The molecule has 21 heavy (non-hydrogen) atoms. The lowest BCUT2D eigenvalue weighted by Crippen LogP contribution is -2.53. The van der Waals surface area contributed by atoms with Crippen LogP contribution < -0.4 is 5.32 Å². The van der Waals surface area contributed by atoms with Crippen molar-refractivity contribution in [1.29, 1.82) is 0 Å². The molecule has 1 aromatic rings. The Hall–Kier alpha value is -0.930. The van der Waals surface area contributed by atoms with Crippen molar-refractivity contribution in [2.24, 2.45) is 0 Å². The topological polar surface area (TPSA) is 15.3 Å². The Balaban J connectivity index is 1.49. The number of hydrogen-bond donors (Lipinski definition) is 1. The van der Waals surface area contributed by atoms with Crippen LogP contribution in [0.5, 0.6) is 0 Å². The molecule has 0 unspecified atom stereocenters. The second-order valence-corrected chi connectivity index (χ2v) is 7.13. The quantitative estimate of drug-likeness (QED) is 0.892. The SMILES string of the molecule is CN(C)C1(CNC2CC(c3cccc(F)c3)C2)CCCC1. The van der Waals surface area contributed by atoms with Crippen LogP contribution in [0.15, 0.2) is 24.3 Å². The molecule has 0 aromatic heterocycles. The van der Waals surface area contributed by atoms with Crippen molar-refractivity contribution >= 4 is 0 Å². The first-order valence-corrected chi connectivity index (χ1v) is 8.25. The minimum Gasteiger partial charge on any atom is -0.312 e. The third-order valence-electron chi connectivity index (χ3n) is 5.66. The third-order valence-corrected chi connectivity index (χ3v) is 5.66. The van der Waals surface area contributed by atoms with Gasteiger partial charge in [0.2, 0.25) is 0 Å². The molecule has 0 spiro atoms. The lowest BCUT2D eigenvalue weighted by molar-refractivity contribution is 0.138. The number of hydrogen-bond acceptors (Lipinski definition) is 2. The van der Waals surface area contributed by atoms with Crippen molar-refractivity contribution in [3.8, 4) is 0 Å². The van der Waals surface area contributed by atoms with Crippen LogP contribution in [-0.2, 0) is 0 Å². The molecule has 0 saturated heterocycles. The van der Waals surface area contributed by atoms with Gasteiger partial charge in [-0.1, -0.05) is 25.0 Å². The molecule has 0 aliphatic heterocycles. The van der Waals surface area contributed by atoms with E-state index in [1.807, 2.05) is 6.07 Å². The van der Waals surface area contributed by atoms with Gasteiger partial charge in [-0.3, -0.25) is 0 Å². The summed E-state index contributed by atoms with van der Waals surface area (Å²) in [6.07, 6.45) is 7.63. The zero-order chi connectivity index (χ0) is 14.9. The van der Waals surface area contributed by atoms with E-state index in [1.165, 1.54) is 31.7 Å². The Morgan fingerprint density at radius 3 is 2.57 bits per heavy atom. The van der Waals surface area contributed by atoms with E-state index in [2.05, 4.69) is 30.4 Å². The van der Waals surface area contributed by atoms with E-state index in [4.69, 9.17) is 0 Å². The zero-order valence-electron chi connectivity index (χ0n) is 13.2. The molecule has 0 bridgehead atoms. The summed E-state index contributed by atoms with van der Waals surface area (Å²) >= 11 is 0. The molecular weight excluding hydrogens is 263 g/mol. The normalized spacial score (nSPS) is 27.8. The summed E-state index contributed by atoms with van der Waals surface area (Å²) in [6, 6.07) is 7.71. The fraction of sp³-hybridized carbons (Fsp3) is 0.667. The van der Waals surface area contributed by atoms with E-state index in [0.29, 0.717) is 17.5 Å². The highest BCUT2D eigenvalue weighted by molar-refractivity contribution is 5.23. The molecular formula is C18H27FN2. The van der Waals surface area contributed by atoms with Crippen LogP contribution in [-0.4, -0.2) is 37.1 Å². The Morgan fingerprint density at radius 1 is 1.24 bits per heavy atom. The van der Waals surface area contributed by atoms with E-state index >= 15 is 0 Å². The van der Waals surface area contributed by atoms with Crippen LogP contribution in [0.4, 0.5) is 4.39 Å². The minimum atomic E-state index is -0.110. The second kappa shape index (κ2) is 6.05. The molecule has 3 rings (SSSR count). The molecule has 2 fully saturated rings. The smallest absolute Gasteiger partial charge is 0.123 e. The molecule has 2 nitrogen and oxygen atoms in total. The predicted molar refractivity (Wildman–Crippen MR) is 85.1 cm³/mol. The Kier molecular flexibility index (Phi) is 4.32. The number of halogens is 1. The fourth-order valence-electron chi connectivity index (χ4n) is 3.97. The highest BCUT2D eigenvalue weighted by atomic mass is 19.1. The minimum absolute atomic E-state index is 0.110. The van der Waals surface area contributed by atoms with Crippen molar-refractivity contribution in [1.82, 2.24) is 10.2 Å². The standard InChI is InChI=1S/C18H27FN2/c1-21(2)18(8-3-4-9-18)13-20-17-11-15(12-17)14-6-5-7-16(19)10-14/h5-7,10,15,17,20H,3-4,8-9,11-13H2,1-2H3. The number of nitrogens with zero attached hydrogens (tertiary/aromatic N) is 1. The van der Waals surface area contributed by atoms with E-state index in [1.54, 1.807) is 6.07 Å². The van der Waals surface area contributed by atoms with Crippen molar-refractivity contribution < 1.29 is 4.39 Å². The van der Waals surface area contributed by atoms with E-state index < -0.39 is 0 Å². The van der Waals surface area contributed by atoms with E-state index in [0.717, 1.165) is 24.9 Å². The van der Waals surface area contributed by atoms with Crippen molar-refractivity contribution in [2.45, 2.75) is 56.0 Å². The maximum Gasteiger partial charge on any atom is 0.123 e. The van der Waals surface area contributed by atoms with Crippen LogP contribution in [0.3, 0.4) is 0 Å². The van der Waals surface area contributed by atoms with Gasteiger partial charge < -0.3 is 10.2 Å². The molecule has 116 valence electrons. The highest BCUT2D eigenvalue weighted by Crippen LogP contribution is 2.38. The molecule has 0 heterocycles. The van der Waals surface area contributed by atoms with Gasteiger partial charge in [0.05, 0.1) is 0 Å². The first kappa shape index (κ1) is 15.0. The average molecular weight is 290 g/mol. The van der Waals surface area contributed by atoms with Gasteiger partial charge in [0, 0.05) is 18.1 Å². The number of rotatable bonds is 5. The highest BCUT2D eigenvalue weighted by Gasteiger charge is 2.38. The number of nitrogens with one attached hydrogen (secondary N) is 1. The van der Waals surface area contributed by atoms with E-state index in [9.17, 15) is 4.39 Å². The fourth-order valence-corrected chi connectivity index (χ4v) is 3.97. The average Bonchev–Trinajstić information content (AvgIpc) is 2.87. The van der Waals surface area contributed by atoms with Gasteiger partial charge in [0.25, 0.3) is 0 Å². The molecule has 1 N–H and O–H groups in total. The van der Waals surface area contributed by atoms with Gasteiger partial charge in [-0.15, -0.1) is 0 Å². The van der Waals surface area contributed by atoms with Crippen LogP contribution in [0.1, 0.15) is 50.0 Å². The number of benzene rings is 1. The lowest BCUT2D eigenvalue weighted by atomic mass is 9.75. The maximum absolute atomic E-state index is 13.3. The van der Waals surface area contributed by atoms with Gasteiger partial charge in [0.1, 0.15) is 5.82 Å². The lowest BCUT2D eigenvalue weighted by Gasteiger charge is -2.42. The maximum atomic E-state index is 13.3. The summed E-state index contributed by atoms with van der Waals surface area (Å²) < 4.78 is 13.3. The van der Waals surface area contributed by atoms with Crippen molar-refractivity contribution in [3.05, 3.63) is 35.6 Å². The Morgan fingerprint density at radius 2 is 1.95 bits per heavy atom. The molecule has 0 amide bonds. The largest absolute Gasteiger partial charge is 0.312 e. The van der Waals surface area contributed by atoms with Crippen LogP contribution in [0.2, 0.25) is 0 Å². The summed E-state index contributed by atoms with van der Waals surface area (Å²) in [5, 5.41) is 3.76. The zero-order valence-corrected chi connectivity index (χ0v) is 13.2. The van der Waals surface area contributed by atoms with Crippen molar-refractivity contribution in [2.75, 3.05) is 20.6 Å². The number of likely N-dealkylation sites (N-methyl/N-ethyl adjacent to an activating group) is 1. The Bertz CT molecular complexity index is 474. The van der Waals surface area contributed by atoms with Gasteiger partial charge in [-0.25, -0.2) is 4.39 Å². The van der Waals surface area contributed by atoms with Gasteiger partial charge >= 0.3 is 0 Å². The molecule has 0 radical (unpaired) electrons. The van der Waals surface area contributed by atoms with Gasteiger partial charge in [-0.05, 0) is 63.4 Å². The van der Waals surface area contributed by atoms with Crippen LogP contribution in [0, 0.1) is 5.82 Å². The third kappa shape index (κ3) is 3.14. The van der Waals surface area contributed by atoms with E-state index in [-0.39, 0.29) is 5.82 Å². The summed E-state index contributed by atoms with van der Waals surface area (Å²) in [5.41, 5.74) is 1.53. The van der Waals surface area contributed by atoms with Crippen LogP contribution in [0.25, 0.3) is 0 Å². The predicted octanol–water partition coefficient (Wildman–Crippen LogP) is 3.54.